The normalized spacial score (nSPS) is 13.6. The van der Waals surface area contributed by atoms with Gasteiger partial charge in [-0.15, -0.1) is 12.4 Å². The molecule has 0 aromatic rings. The van der Waals surface area contributed by atoms with Crippen molar-refractivity contribution < 1.29 is 90.5 Å². The molecule has 0 aliphatic rings. The standard InChI is InChI=1S/C23H45NO6.ClH.2Na.2H/c1-6-9-10-11-12-13-14-15-16-17-20(24)21(18(4)29-22(25)27-7-2)19(5)30-23(26)28-8-3;;;;;/h18-21H,6-17,24H2,1-5H3;1H;;;;/q;;2*+1;2*-1. The van der Waals surface area contributed by atoms with E-state index in [4.69, 9.17) is 24.7 Å². The molecule has 0 saturated carbocycles. The minimum Gasteiger partial charge on any atom is -1.00 e. The largest absolute Gasteiger partial charge is 1.00 e. The van der Waals surface area contributed by atoms with Gasteiger partial charge >= 0.3 is 71.4 Å². The van der Waals surface area contributed by atoms with E-state index in [1.807, 2.05) is 0 Å². The number of carbonyl (C=O) groups excluding carboxylic acids is 2. The van der Waals surface area contributed by atoms with E-state index in [1.54, 1.807) is 27.7 Å². The first-order valence-electron chi connectivity index (χ1n) is 11.8. The summed E-state index contributed by atoms with van der Waals surface area (Å²) >= 11 is 0. The zero-order valence-electron chi connectivity index (χ0n) is 24.2. The summed E-state index contributed by atoms with van der Waals surface area (Å²) in [4.78, 5) is 23.5. The van der Waals surface area contributed by atoms with Crippen molar-refractivity contribution in [3.63, 3.8) is 0 Å². The summed E-state index contributed by atoms with van der Waals surface area (Å²) in [5.74, 6) is -0.354. The van der Waals surface area contributed by atoms with Gasteiger partial charge in [0.2, 0.25) is 0 Å². The Morgan fingerprint density at radius 2 is 1.09 bits per heavy atom. The molecule has 0 aromatic heterocycles. The van der Waals surface area contributed by atoms with Gasteiger partial charge in [0.1, 0.15) is 12.2 Å². The monoisotopic (exact) mass is 515 g/mol. The molecular formula is C23H48ClNNa2O6. The van der Waals surface area contributed by atoms with Crippen LogP contribution in [0.4, 0.5) is 9.59 Å². The molecule has 2 N–H and O–H groups in total. The Morgan fingerprint density at radius 1 is 0.727 bits per heavy atom. The minimum absolute atomic E-state index is 0. The maximum absolute atomic E-state index is 11.7. The van der Waals surface area contributed by atoms with Gasteiger partial charge in [-0.1, -0.05) is 64.7 Å². The molecule has 0 aliphatic carbocycles. The summed E-state index contributed by atoms with van der Waals surface area (Å²) < 4.78 is 20.4. The van der Waals surface area contributed by atoms with E-state index >= 15 is 0 Å². The maximum atomic E-state index is 11.7. The molecular weight excluding hydrogens is 468 g/mol. The topological polar surface area (TPSA) is 97.1 Å². The number of halogens is 1. The first kappa shape index (κ1) is 40.9. The second-order valence-corrected chi connectivity index (χ2v) is 7.87. The molecule has 0 radical (unpaired) electrons. The van der Waals surface area contributed by atoms with Crippen LogP contribution in [0.5, 0.6) is 0 Å². The summed E-state index contributed by atoms with van der Waals surface area (Å²) in [6, 6.07) is -0.275. The second-order valence-electron chi connectivity index (χ2n) is 7.87. The molecule has 0 aromatic carbocycles. The van der Waals surface area contributed by atoms with Crippen molar-refractivity contribution in [1.82, 2.24) is 0 Å². The van der Waals surface area contributed by atoms with Crippen molar-refractivity contribution >= 4 is 24.7 Å². The molecule has 0 fully saturated rings. The molecule has 0 bridgehead atoms. The maximum Gasteiger partial charge on any atom is 1.00 e. The number of carbonyl (C=O) groups is 2. The van der Waals surface area contributed by atoms with Crippen LogP contribution in [0.3, 0.4) is 0 Å². The smallest absolute Gasteiger partial charge is 1.00 e. The fraction of sp³-hybridized carbons (Fsp3) is 0.913. The van der Waals surface area contributed by atoms with E-state index < -0.39 is 24.5 Å². The van der Waals surface area contributed by atoms with E-state index in [9.17, 15) is 9.59 Å². The van der Waals surface area contributed by atoms with Crippen LogP contribution in [0, 0.1) is 5.92 Å². The Hall–Kier alpha value is 0.790. The van der Waals surface area contributed by atoms with Gasteiger partial charge in [-0.05, 0) is 34.1 Å². The van der Waals surface area contributed by atoms with Crippen LogP contribution in [-0.4, -0.2) is 43.8 Å². The van der Waals surface area contributed by atoms with Gasteiger partial charge in [-0.25, -0.2) is 9.59 Å². The number of rotatable bonds is 17. The summed E-state index contributed by atoms with van der Waals surface area (Å²) in [6.45, 7) is 9.63. The number of hydrogen-bond acceptors (Lipinski definition) is 7. The summed E-state index contributed by atoms with van der Waals surface area (Å²) in [7, 11) is 0. The summed E-state index contributed by atoms with van der Waals surface area (Å²) in [5, 5.41) is 0. The van der Waals surface area contributed by atoms with Crippen LogP contribution >= 0.6 is 12.4 Å². The average molecular weight is 516 g/mol. The van der Waals surface area contributed by atoms with Gasteiger partial charge in [0.25, 0.3) is 0 Å². The van der Waals surface area contributed by atoms with Crippen LogP contribution in [0.1, 0.15) is 102 Å². The molecule has 0 heterocycles. The fourth-order valence-corrected chi connectivity index (χ4v) is 3.73. The zero-order valence-corrected chi connectivity index (χ0v) is 27.0. The van der Waals surface area contributed by atoms with Crippen molar-refractivity contribution in [3.8, 4) is 0 Å². The van der Waals surface area contributed by atoms with E-state index in [1.165, 1.54) is 44.9 Å². The van der Waals surface area contributed by atoms with Crippen LogP contribution in [0.2, 0.25) is 0 Å². The van der Waals surface area contributed by atoms with E-state index in [0.29, 0.717) is 0 Å². The van der Waals surface area contributed by atoms with E-state index in [0.717, 1.165) is 19.3 Å². The Bertz CT molecular complexity index is 448. The van der Waals surface area contributed by atoms with Gasteiger partial charge in [-0.3, -0.25) is 0 Å². The molecule has 0 aliphatic heterocycles. The number of hydrogen-bond donors (Lipinski definition) is 1. The molecule has 10 heteroatoms. The van der Waals surface area contributed by atoms with Gasteiger partial charge in [0.15, 0.2) is 0 Å². The van der Waals surface area contributed by atoms with Crippen molar-refractivity contribution in [2.24, 2.45) is 11.7 Å². The number of ether oxygens (including phenoxy) is 4. The fourth-order valence-electron chi connectivity index (χ4n) is 3.73. The minimum atomic E-state index is -0.742. The van der Waals surface area contributed by atoms with Crippen LogP contribution in [-0.2, 0) is 18.9 Å². The predicted octanol–water partition coefficient (Wildman–Crippen LogP) is 0.629. The quantitative estimate of drug-likeness (QED) is 0.172. The van der Waals surface area contributed by atoms with Crippen molar-refractivity contribution in [2.45, 2.75) is 117 Å². The first-order chi connectivity index (χ1) is 14.4. The number of nitrogens with two attached hydrogens (primary N) is 1. The van der Waals surface area contributed by atoms with Gasteiger partial charge in [-0.2, -0.15) is 0 Å². The van der Waals surface area contributed by atoms with Gasteiger partial charge in [0, 0.05) is 12.0 Å². The third-order valence-electron chi connectivity index (χ3n) is 5.31. The third kappa shape index (κ3) is 21.8. The second kappa shape index (κ2) is 27.4. The molecule has 0 rings (SSSR count). The average Bonchev–Trinajstić information content (AvgIpc) is 2.67. The van der Waals surface area contributed by atoms with Crippen LogP contribution in [0.15, 0.2) is 0 Å². The molecule has 3 atom stereocenters. The Labute approximate surface area is 255 Å². The molecule has 0 spiro atoms. The molecule has 0 saturated heterocycles. The van der Waals surface area contributed by atoms with Crippen molar-refractivity contribution in [2.75, 3.05) is 13.2 Å². The van der Waals surface area contributed by atoms with E-state index in [-0.39, 0.29) is 99.5 Å². The molecule has 7 nitrogen and oxygen atoms in total. The molecule has 3 unspecified atom stereocenters. The van der Waals surface area contributed by atoms with Crippen LogP contribution < -0.4 is 64.8 Å². The summed E-state index contributed by atoms with van der Waals surface area (Å²) in [6.07, 6.45) is 9.30. The van der Waals surface area contributed by atoms with E-state index in [2.05, 4.69) is 6.92 Å². The SMILES string of the molecule is CCCCCCCCCCCC(N)C(C(C)OC(=O)OCC)C(C)OC(=O)OCC.Cl.[H-].[H-].[Na+].[Na+]. The van der Waals surface area contributed by atoms with Gasteiger partial charge < -0.3 is 27.5 Å². The summed E-state index contributed by atoms with van der Waals surface area (Å²) in [5.41, 5.74) is 6.45. The molecule has 0 amide bonds. The first-order valence-corrected chi connectivity index (χ1v) is 11.8. The Kier molecular flexibility index (Phi) is 34.0. The molecule has 33 heavy (non-hydrogen) atoms. The van der Waals surface area contributed by atoms with Crippen molar-refractivity contribution in [1.29, 1.82) is 0 Å². The van der Waals surface area contributed by atoms with Gasteiger partial charge in [0.05, 0.1) is 13.2 Å². The van der Waals surface area contributed by atoms with Crippen LogP contribution in [0.25, 0.3) is 0 Å². The predicted molar refractivity (Wildman–Crippen MR) is 128 cm³/mol. The Morgan fingerprint density at radius 3 is 1.45 bits per heavy atom. The zero-order chi connectivity index (χ0) is 22.8. The third-order valence-corrected chi connectivity index (χ3v) is 5.31. The number of unbranched alkanes of at least 4 members (excludes halogenated alkanes) is 8. The molecule has 190 valence electrons. The van der Waals surface area contributed by atoms with Crippen molar-refractivity contribution in [3.05, 3.63) is 0 Å². The Balaban J connectivity index is -0.000000420.